The van der Waals surface area contributed by atoms with E-state index in [0.717, 1.165) is 28.3 Å². The van der Waals surface area contributed by atoms with Gasteiger partial charge in [0.05, 0.1) is 13.7 Å². The van der Waals surface area contributed by atoms with Crippen LogP contribution in [0.25, 0.3) is 22.6 Å². The van der Waals surface area contributed by atoms with Crippen LogP contribution >= 0.6 is 0 Å². The quantitative estimate of drug-likeness (QED) is 0.440. The van der Waals surface area contributed by atoms with E-state index >= 15 is 0 Å². The number of hydrogen-bond acceptors (Lipinski definition) is 4. The first-order chi connectivity index (χ1) is 15.4. The minimum atomic E-state index is -0.392. The van der Waals surface area contributed by atoms with Crippen LogP contribution in [0.1, 0.15) is 16.8 Å². The van der Waals surface area contributed by atoms with E-state index in [1.165, 1.54) is 9.13 Å². The zero-order valence-corrected chi connectivity index (χ0v) is 18.4. The van der Waals surface area contributed by atoms with Gasteiger partial charge in [0.15, 0.2) is 11.2 Å². The van der Waals surface area contributed by atoms with Gasteiger partial charge < -0.3 is 4.74 Å². The lowest BCUT2D eigenvalue weighted by atomic mass is 10.1. The van der Waals surface area contributed by atoms with Crippen LogP contribution in [-0.2, 0) is 13.6 Å². The van der Waals surface area contributed by atoms with Crippen LogP contribution in [0.3, 0.4) is 0 Å². The third-order valence-corrected chi connectivity index (χ3v) is 5.82. The molecule has 0 atom stereocenters. The molecule has 5 aromatic rings. The van der Waals surface area contributed by atoms with Crippen LogP contribution in [0, 0.1) is 13.8 Å². The highest BCUT2D eigenvalue weighted by atomic mass is 16.5. The van der Waals surface area contributed by atoms with Crippen LogP contribution in [0.5, 0.6) is 5.75 Å². The molecule has 3 aromatic heterocycles. The van der Waals surface area contributed by atoms with Crippen molar-refractivity contribution in [3.05, 3.63) is 92.4 Å². The minimum absolute atomic E-state index is 0.202. The molecule has 3 heterocycles. The lowest BCUT2D eigenvalue weighted by Crippen LogP contribution is -2.39. The van der Waals surface area contributed by atoms with Crippen molar-refractivity contribution in [1.29, 1.82) is 0 Å². The molecule has 0 aliphatic heterocycles. The molecule has 0 amide bonds. The Morgan fingerprint density at radius 2 is 1.66 bits per heavy atom. The monoisotopic (exact) mass is 429 g/mol. The van der Waals surface area contributed by atoms with Gasteiger partial charge in [-0.15, -0.1) is 0 Å². The minimum Gasteiger partial charge on any atom is -0.497 e. The molecule has 2 aromatic carbocycles. The van der Waals surface area contributed by atoms with Crippen molar-refractivity contribution in [1.82, 2.24) is 23.1 Å². The lowest BCUT2D eigenvalue weighted by molar-refractivity contribution is 0.415. The van der Waals surface area contributed by atoms with E-state index in [9.17, 15) is 9.59 Å². The Morgan fingerprint density at radius 3 is 2.31 bits per heavy atom. The highest BCUT2D eigenvalue weighted by molar-refractivity contribution is 5.76. The Labute approximate surface area is 183 Å². The summed E-state index contributed by atoms with van der Waals surface area (Å²) in [6.07, 6.45) is 1.87. The molecule has 0 fully saturated rings. The third-order valence-electron chi connectivity index (χ3n) is 5.82. The molecule has 32 heavy (non-hydrogen) atoms. The molecule has 0 saturated carbocycles. The van der Waals surface area contributed by atoms with Gasteiger partial charge in [-0.25, -0.2) is 4.79 Å². The molecule has 5 rings (SSSR count). The molecule has 162 valence electrons. The van der Waals surface area contributed by atoms with Crippen molar-refractivity contribution in [3.63, 3.8) is 0 Å². The second-order valence-corrected chi connectivity index (χ2v) is 7.98. The summed E-state index contributed by atoms with van der Waals surface area (Å²) in [5.41, 5.74) is 3.80. The van der Waals surface area contributed by atoms with E-state index < -0.39 is 5.69 Å². The number of fused-ring (bicyclic) bond motifs is 3. The number of rotatable bonds is 4. The maximum atomic E-state index is 13.5. The van der Waals surface area contributed by atoms with E-state index in [0.29, 0.717) is 16.9 Å². The van der Waals surface area contributed by atoms with Crippen molar-refractivity contribution >= 4 is 16.9 Å². The number of aromatic nitrogens is 5. The van der Waals surface area contributed by atoms with Gasteiger partial charge in [-0.2, -0.15) is 4.98 Å². The summed E-state index contributed by atoms with van der Waals surface area (Å²) < 4.78 is 11.7. The average molecular weight is 429 g/mol. The van der Waals surface area contributed by atoms with Gasteiger partial charge in [-0.05, 0) is 43.7 Å². The number of imidazole rings is 2. The standard InChI is InChI=1S/C24H23N5O3/c1-15-5-7-17(8-6-15)14-28-22(30)20-21(26(3)24(28)31)25-23-27(20)13-16(2)29(23)18-9-11-19(32-4)12-10-18/h5-13H,14H2,1-4H3. The van der Waals surface area contributed by atoms with E-state index in [-0.39, 0.29) is 12.1 Å². The van der Waals surface area contributed by atoms with Gasteiger partial charge >= 0.3 is 5.69 Å². The zero-order chi connectivity index (χ0) is 22.6. The van der Waals surface area contributed by atoms with Crippen molar-refractivity contribution in [3.8, 4) is 11.4 Å². The second-order valence-electron chi connectivity index (χ2n) is 7.98. The Kier molecular flexibility index (Phi) is 4.51. The maximum Gasteiger partial charge on any atom is 0.332 e. The number of ether oxygens (including phenoxy) is 1. The van der Waals surface area contributed by atoms with Crippen LogP contribution in [0.2, 0.25) is 0 Å². The van der Waals surface area contributed by atoms with Gasteiger partial charge in [-0.3, -0.25) is 22.9 Å². The van der Waals surface area contributed by atoms with E-state index in [1.807, 2.05) is 73.1 Å². The summed E-state index contributed by atoms with van der Waals surface area (Å²) in [5.74, 6) is 1.33. The first kappa shape index (κ1) is 19.9. The fraction of sp³-hybridized carbons (Fsp3) is 0.208. The molecule has 8 nitrogen and oxygen atoms in total. The summed E-state index contributed by atoms with van der Waals surface area (Å²) in [7, 11) is 3.27. The second kappa shape index (κ2) is 7.26. The van der Waals surface area contributed by atoms with Crippen molar-refractivity contribution < 1.29 is 4.74 Å². The van der Waals surface area contributed by atoms with Crippen LogP contribution in [-0.4, -0.2) is 30.2 Å². The first-order valence-corrected chi connectivity index (χ1v) is 10.3. The van der Waals surface area contributed by atoms with Crippen LogP contribution in [0.4, 0.5) is 0 Å². The number of hydrogen-bond donors (Lipinski definition) is 0. The SMILES string of the molecule is COc1ccc(-n2c(C)cn3c4c(=O)n(Cc5ccc(C)cc5)c(=O)n(C)c4nc23)cc1. The molecule has 0 saturated heterocycles. The Hall–Kier alpha value is -4.07. The number of nitrogens with zero attached hydrogens (tertiary/aromatic N) is 5. The van der Waals surface area contributed by atoms with Crippen LogP contribution in [0.15, 0.2) is 64.3 Å². The van der Waals surface area contributed by atoms with Gasteiger partial charge in [0.1, 0.15) is 5.75 Å². The highest BCUT2D eigenvalue weighted by Gasteiger charge is 2.21. The molecule has 0 radical (unpaired) electrons. The molecular weight excluding hydrogens is 406 g/mol. The lowest BCUT2D eigenvalue weighted by Gasteiger charge is -2.08. The molecule has 0 unspecified atom stereocenters. The predicted octanol–water partition coefficient (Wildman–Crippen LogP) is 2.81. The number of benzene rings is 2. The van der Waals surface area contributed by atoms with Gasteiger partial charge in [0.2, 0.25) is 5.78 Å². The number of aryl methyl sites for hydroxylation is 3. The highest BCUT2D eigenvalue weighted by Crippen LogP contribution is 2.22. The topological polar surface area (TPSA) is 75.5 Å². The fourth-order valence-corrected chi connectivity index (χ4v) is 4.08. The molecule has 0 aliphatic rings. The van der Waals surface area contributed by atoms with Crippen LogP contribution < -0.4 is 16.0 Å². The Balaban J connectivity index is 1.75. The molecule has 0 bridgehead atoms. The van der Waals surface area contributed by atoms with E-state index in [4.69, 9.17) is 4.74 Å². The maximum absolute atomic E-state index is 13.5. The normalized spacial score (nSPS) is 11.5. The largest absolute Gasteiger partial charge is 0.497 e. The van der Waals surface area contributed by atoms with Gasteiger partial charge in [0, 0.05) is 24.6 Å². The van der Waals surface area contributed by atoms with Crippen molar-refractivity contribution in [2.45, 2.75) is 20.4 Å². The van der Waals surface area contributed by atoms with Gasteiger partial charge in [-0.1, -0.05) is 29.8 Å². The fourth-order valence-electron chi connectivity index (χ4n) is 4.08. The molecule has 0 spiro atoms. The van der Waals surface area contributed by atoms with Crippen molar-refractivity contribution in [2.24, 2.45) is 7.05 Å². The predicted molar refractivity (Wildman–Crippen MR) is 123 cm³/mol. The molecule has 0 N–H and O–H groups in total. The number of methoxy groups -OCH3 is 1. The van der Waals surface area contributed by atoms with E-state index in [2.05, 4.69) is 4.98 Å². The third kappa shape index (κ3) is 2.95. The smallest absolute Gasteiger partial charge is 0.332 e. The molecule has 8 heteroatoms. The molecular formula is C24H23N5O3. The Bertz CT molecular complexity index is 1580. The van der Waals surface area contributed by atoms with Crippen molar-refractivity contribution in [2.75, 3.05) is 7.11 Å². The molecule has 0 aliphatic carbocycles. The summed E-state index contributed by atoms with van der Waals surface area (Å²) in [6.45, 7) is 4.16. The summed E-state index contributed by atoms with van der Waals surface area (Å²) in [4.78, 5) is 31.2. The first-order valence-electron chi connectivity index (χ1n) is 10.3. The zero-order valence-electron chi connectivity index (χ0n) is 18.4. The summed E-state index contributed by atoms with van der Waals surface area (Å²) >= 11 is 0. The average Bonchev–Trinajstić information content (AvgIpc) is 3.31. The Morgan fingerprint density at radius 1 is 0.969 bits per heavy atom. The summed E-state index contributed by atoms with van der Waals surface area (Å²) in [5, 5.41) is 0. The summed E-state index contributed by atoms with van der Waals surface area (Å²) in [6, 6.07) is 15.4. The van der Waals surface area contributed by atoms with Gasteiger partial charge in [0.25, 0.3) is 5.56 Å². The van der Waals surface area contributed by atoms with E-state index in [1.54, 1.807) is 18.6 Å².